The monoisotopic (exact) mass is 482 g/mol. The van der Waals surface area contributed by atoms with E-state index in [0.29, 0.717) is 44.0 Å². The van der Waals surface area contributed by atoms with E-state index in [4.69, 9.17) is 39.5 Å². The third-order valence-corrected chi connectivity index (χ3v) is 5.88. The molecule has 0 aliphatic carbocycles. The Labute approximate surface area is 193 Å². The second-order valence-electron chi connectivity index (χ2n) is 5.98. The van der Waals surface area contributed by atoms with Gasteiger partial charge in [-0.3, -0.25) is 9.36 Å². The van der Waals surface area contributed by atoms with E-state index < -0.39 is 0 Å². The Morgan fingerprint density at radius 3 is 2.67 bits per heavy atom. The average Bonchev–Trinajstić information content (AvgIpc) is 3.11. The van der Waals surface area contributed by atoms with Gasteiger partial charge in [0.25, 0.3) is 0 Å². The number of rotatable bonds is 9. The van der Waals surface area contributed by atoms with Crippen LogP contribution in [0.1, 0.15) is 5.82 Å². The van der Waals surface area contributed by atoms with E-state index in [-0.39, 0.29) is 18.3 Å². The average molecular weight is 484 g/mol. The molecule has 3 rings (SSSR count). The fourth-order valence-corrected chi connectivity index (χ4v) is 3.68. The maximum atomic E-state index is 12.3. The van der Waals surface area contributed by atoms with Gasteiger partial charge in [-0.25, -0.2) is 0 Å². The van der Waals surface area contributed by atoms with Crippen molar-refractivity contribution in [1.29, 1.82) is 0 Å². The summed E-state index contributed by atoms with van der Waals surface area (Å²) in [5.74, 6) is 1.16. The summed E-state index contributed by atoms with van der Waals surface area (Å²) in [6, 6.07) is 12.1. The molecule has 1 amide bonds. The number of allylic oxidation sites excluding steroid dienone is 1. The molecule has 0 radical (unpaired) electrons. The molecule has 6 nitrogen and oxygen atoms in total. The van der Waals surface area contributed by atoms with Crippen molar-refractivity contribution in [1.82, 2.24) is 14.8 Å². The number of thioether (sulfide) groups is 1. The minimum atomic E-state index is -0.240. The van der Waals surface area contributed by atoms with Gasteiger partial charge in [-0.1, -0.05) is 58.7 Å². The lowest BCUT2D eigenvalue weighted by Crippen LogP contribution is -2.15. The summed E-state index contributed by atoms with van der Waals surface area (Å²) in [6.07, 6.45) is 1.73. The van der Waals surface area contributed by atoms with Crippen LogP contribution in [0.15, 0.2) is 60.3 Å². The van der Waals surface area contributed by atoms with E-state index in [1.165, 1.54) is 11.8 Å². The molecule has 0 unspecified atom stereocenters. The van der Waals surface area contributed by atoms with Crippen LogP contribution in [0.4, 0.5) is 5.69 Å². The number of ether oxygens (including phenoxy) is 1. The Morgan fingerprint density at radius 2 is 1.93 bits per heavy atom. The lowest BCUT2D eigenvalue weighted by molar-refractivity contribution is -0.113. The number of hydrogen-bond acceptors (Lipinski definition) is 5. The van der Waals surface area contributed by atoms with Crippen LogP contribution in [0.25, 0.3) is 0 Å². The molecule has 0 atom stereocenters. The number of carbonyl (C=O) groups is 1. The summed E-state index contributed by atoms with van der Waals surface area (Å²) in [7, 11) is 0. The molecule has 0 aliphatic rings. The van der Waals surface area contributed by atoms with Gasteiger partial charge in [0.05, 0.1) is 21.5 Å². The van der Waals surface area contributed by atoms with Crippen molar-refractivity contribution in [2.45, 2.75) is 18.3 Å². The smallest absolute Gasteiger partial charge is 0.234 e. The van der Waals surface area contributed by atoms with Gasteiger partial charge in [0.2, 0.25) is 5.91 Å². The highest BCUT2D eigenvalue weighted by Crippen LogP contribution is 2.30. The molecular formula is C20H17Cl3N4O2S. The van der Waals surface area contributed by atoms with E-state index in [9.17, 15) is 4.79 Å². The number of benzene rings is 2. The van der Waals surface area contributed by atoms with Crippen LogP contribution in [0, 0.1) is 0 Å². The van der Waals surface area contributed by atoms with Crippen LogP contribution in [-0.2, 0) is 17.9 Å². The van der Waals surface area contributed by atoms with Gasteiger partial charge in [0, 0.05) is 11.6 Å². The van der Waals surface area contributed by atoms with Crippen molar-refractivity contribution in [3.05, 3.63) is 76.0 Å². The molecule has 1 N–H and O–H groups in total. The number of nitrogens with zero attached hydrogens (tertiary/aromatic N) is 3. The second-order valence-corrected chi connectivity index (χ2v) is 8.14. The maximum absolute atomic E-state index is 12.3. The summed E-state index contributed by atoms with van der Waals surface area (Å²) in [4.78, 5) is 12.3. The largest absolute Gasteiger partial charge is 0.486 e. The predicted octanol–water partition coefficient (Wildman–Crippen LogP) is 5.73. The molecule has 3 aromatic rings. The summed E-state index contributed by atoms with van der Waals surface area (Å²) in [5, 5.41) is 13.0. The lowest BCUT2D eigenvalue weighted by Gasteiger charge is -2.10. The third kappa shape index (κ3) is 5.92. The highest BCUT2D eigenvalue weighted by Gasteiger charge is 2.15. The normalized spacial score (nSPS) is 10.6. The summed E-state index contributed by atoms with van der Waals surface area (Å²) < 4.78 is 7.58. The molecule has 0 spiro atoms. The molecule has 2 aromatic carbocycles. The Kier molecular flexibility index (Phi) is 8.04. The van der Waals surface area contributed by atoms with Crippen LogP contribution in [0.5, 0.6) is 5.75 Å². The number of hydrogen-bond donors (Lipinski definition) is 1. The van der Waals surface area contributed by atoms with Crippen molar-refractivity contribution in [3.63, 3.8) is 0 Å². The molecule has 0 aliphatic heterocycles. The van der Waals surface area contributed by atoms with Gasteiger partial charge in [-0.05, 0) is 36.4 Å². The van der Waals surface area contributed by atoms with Crippen LogP contribution < -0.4 is 10.1 Å². The quantitative estimate of drug-likeness (QED) is 0.311. The first-order valence-corrected chi connectivity index (χ1v) is 10.9. The summed E-state index contributed by atoms with van der Waals surface area (Å²) in [6.45, 7) is 4.47. The molecule has 156 valence electrons. The van der Waals surface area contributed by atoms with Crippen LogP contribution in [0.2, 0.25) is 15.1 Å². The molecule has 0 bridgehead atoms. The van der Waals surface area contributed by atoms with Crippen molar-refractivity contribution in [2.24, 2.45) is 0 Å². The fourth-order valence-electron chi connectivity index (χ4n) is 2.44. The number of anilines is 1. The van der Waals surface area contributed by atoms with Gasteiger partial charge >= 0.3 is 0 Å². The third-order valence-electron chi connectivity index (χ3n) is 3.84. The molecule has 1 aromatic heterocycles. The number of nitrogens with one attached hydrogen (secondary N) is 1. The Balaban J connectivity index is 1.62. The number of carbonyl (C=O) groups excluding carboxylic acids is 1. The van der Waals surface area contributed by atoms with Gasteiger partial charge in [-0.15, -0.1) is 16.8 Å². The van der Waals surface area contributed by atoms with Crippen molar-refractivity contribution in [2.75, 3.05) is 11.1 Å². The minimum absolute atomic E-state index is 0.121. The predicted molar refractivity (Wildman–Crippen MR) is 122 cm³/mol. The maximum Gasteiger partial charge on any atom is 0.234 e. The van der Waals surface area contributed by atoms with Crippen molar-refractivity contribution >= 4 is 58.2 Å². The van der Waals surface area contributed by atoms with Crippen LogP contribution in [-0.4, -0.2) is 26.4 Å². The van der Waals surface area contributed by atoms with Gasteiger partial charge in [0.15, 0.2) is 11.0 Å². The molecule has 0 saturated carbocycles. The van der Waals surface area contributed by atoms with Crippen molar-refractivity contribution < 1.29 is 9.53 Å². The first-order valence-electron chi connectivity index (χ1n) is 8.76. The first-order chi connectivity index (χ1) is 14.5. The molecule has 1 heterocycles. The van der Waals surface area contributed by atoms with E-state index in [1.54, 1.807) is 48.5 Å². The first kappa shape index (κ1) is 22.5. The molecule has 10 heteroatoms. The number of halogens is 3. The van der Waals surface area contributed by atoms with E-state index in [1.807, 2.05) is 4.57 Å². The number of aromatic nitrogens is 3. The van der Waals surface area contributed by atoms with Gasteiger partial charge < -0.3 is 10.1 Å². The highest BCUT2D eigenvalue weighted by molar-refractivity contribution is 7.99. The number of amides is 1. The topological polar surface area (TPSA) is 69.0 Å². The van der Waals surface area contributed by atoms with Crippen LogP contribution >= 0.6 is 46.6 Å². The van der Waals surface area contributed by atoms with Crippen molar-refractivity contribution in [3.8, 4) is 5.75 Å². The van der Waals surface area contributed by atoms with Gasteiger partial charge in [-0.2, -0.15) is 0 Å². The SMILES string of the molecule is C=CCn1c(COc2ccc(Cl)cc2)nnc1SCC(=O)Nc1cccc(Cl)c1Cl. The zero-order valence-electron chi connectivity index (χ0n) is 15.6. The fraction of sp³-hybridized carbons (Fsp3) is 0.150. The molecular weight excluding hydrogens is 467 g/mol. The summed E-state index contributed by atoms with van der Waals surface area (Å²) >= 11 is 19.2. The molecule has 30 heavy (non-hydrogen) atoms. The molecule has 0 fully saturated rings. The van der Waals surface area contributed by atoms with Gasteiger partial charge in [0.1, 0.15) is 12.4 Å². The minimum Gasteiger partial charge on any atom is -0.486 e. The van der Waals surface area contributed by atoms with Crippen LogP contribution in [0.3, 0.4) is 0 Å². The Morgan fingerprint density at radius 1 is 1.17 bits per heavy atom. The Hall–Kier alpha value is -2.19. The zero-order chi connectivity index (χ0) is 21.5. The summed E-state index contributed by atoms with van der Waals surface area (Å²) in [5.41, 5.74) is 0.458. The highest BCUT2D eigenvalue weighted by atomic mass is 35.5. The van der Waals surface area contributed by atoms with E-state index >= 15 is 0 Å². The Bertz CT molecular complexity index is 1040. The van der Waals surface area contributed by atoms with E-state index in [2.05, 4.69) is 22.1 Å². The lowest BCUT2D eigenvalue weighted by atomic mass is 10.3. The second kappa shape index (κ2) is 10.7. The van der Waals surface area contributed by atoms with E-state index in [0.717, 1.165) is 0 Å². The molecule has 0 saturated heterocycles. The standard InChI is InChI=1S/C20H17Cl3N4O2S/c1-2-10-27-17(11-29-14-8-6-13(21)7-9-14)25-26-20(27)30-12-18(28)24-16-5-3-4-15(22)19(16)23/h2-9H,1,10-12H2,(H,24,28). The zero-order valence-corrected chi connectivity index (χ0v) is 18.7.